The Morgan fingerprint density at radius 3 is 2.76 bits per heavy atom. The van der Waals surface area contributed by atoms with Crippen LogP contribution in [0.2, 0.25) is 10.0 Å². The van der Waals surface area contributed by atoms with Crippen LogP contribution in [0.5, 0.6) is 0 Å². The zero-order chi connectivity index (χ0) is 15.7. The average molecular weight is 332 g/mol. The van der Waals surface area contributed by atoms with Gasteiger partial charge in [-0.1, -0.05) is 29.3 Å². The second kappa shape index (κ2) is 9.87. The van der Waals surface area contributed by atoms with E-state index < -0.39 is 0 Å². The lowest BCUT2D eigenvalue weighted by atomic mass is 10.1. The summed E-state index contributed by atoms with van der Waals surface area (Å²) in [6.45, 7) is 6.30. The largest absolute Gasteiger partial charge is 0.385 e. The number of nitrogens with one attached hydrogen (secondary N) is 2. The minimum Gasteiger partial charge on any atom is -0.385 e. The topological polar surface area (TPSA) is 45.7 Å². The molecular formula is C15H23Cl2N3O. The summed E-state index contributed by atoms with van der Waals surface area (Å²) in [5.74, 6) is 0.770. The second-order valence-corrected chi connectivity index (χ2v) is 5.48. The molecule has 0 amide bonds. The van der Waals surface area contributed by atoms with Crippen LogP contribution in [0.15, 0.2) is 23.2 Å². The maximum Gasteiger partial charge on any atom is 0.191 e. The highest BCUT2D eigenvalue weighted by Gasteiger charge is 2.11. The molecule has 1 aromatic carbocycles. The van der Waals surface area contributed by atoms with Crippen LogP contribution in [0.1, 0.15) is 31.9 Å². The smallest absolute Gasteiger partial charge is 0.191 e. The van der Waals surface area contributed by atoms with Gasteiger partial charge in [-0.3, -0.25) is 4.99 Å². The van der Waals surface area contributed by atoms with Gasteiger partial charge in [-0.25, -0.2) is 0 Å². The van der Waals surface area contributed by atoms with Crippen molar-refractivity contribution in [3.05, 3.63) is 33.8 Å². The monoisotopic (exact) mass is 331 g/mol. The minimum atomic E-state index is 0.0370. The van der Waals surface area contributed by atoms with E-state index in [0.717, 1.165) is 24.5 Å². The number of aliphatic imine (C=N–C) groups is 1. The fourth-order valence-corrected chi connectivity index (χ4v) is 2.43. The van der Waals surface area contributed by atoms with Gasteiger partial charge in [0.05, 0.1) is 6.04 Å². The van der Waals surface area contributed by atoms with Gasteiger partial charge >= 0.3 is 0 Å². The van der Waals surface area contributed by atoms with Crippen LogP contribution in [0, 0.1) is 0 Å². The van der Waals surface area contributed by atoms with Crippen molar-refractivity contribution in [3.63, 3.8) is 0 Å². The fraction of sp³-hybridized carbons (Fsp3) is 0.533. The summed E-state index contributed by atoms with van der Waals surface area (Å²) in [7, 11) is 1.69. The lowest BCUT2D eigenvalue weighted by Crippen LogP contribution is -2.39. The van der Waals surface area contributed by atoms with Crippen molar-refractivity contribution < 1.29 is 4.74 Å². The molecule has 0 aliphatic rings. The molecule has 0 heterocycles. The predicted octanol–water partition coefficient (Wildman–Crippen LogP) is 3.65. The molecule has 0 spiro atoms. The van der Waals surface area contributed by atoms with Crippen LogP contribution in [0.3, 0.4) is 0 Å². The molecule has 0 radical (unpaired) electrons. The molecule has 118 valence electrons. The van der Waals surface area contributed by atoms with Crippen LogP contribution >= 0.6 is 23.2 Å². The molecule has 0 aromatic heterocycles. The van der Waals surface area contributed by atoms with E-state index in [2.05, 4.69) is 15.6 Å². The van der Waals surface area contributed by atoms with E-state index in [-0.39, 0.29) is 6.04 Å². The zero-order valence-corrected chi connectivity index (χ0v) is 14.3. The van der Waals surface area contributed by atoms with E-state index in [1.807, 2.05) is 26.0 Å². The predicted molar refractivity (Wildman–Crippen MR) is 90.5 cm³/mol. The molecule has 1 atom stereocenters. The second-order valence-electron chi connectivity index (χ2n) is 4.64. The lowest BCUT2D eigenvalue weighted by molar-refractivity contribution is 0.197. The van der Waals surface area contributed by atoms with Gasteiger partial charge in [-0.15, -0.1) is 0 Å². The third kappa shape index (κ3) is 6.55. The van der Waals surface area contributed by atoms with Crippen molar-refractivity contribution in [1.29, 1.82) is 0 Å². The van der Waals surface area contributed by atoms with Crippen LogP contribution in [0.4, 0.5) is 0 Å². The number of hydrogen-bond acceptors (Lipinski definition) is 2. The summed E-state index contributed by atoms with van der Waals surface area (Å²) in [4.78, 5) is 4.51. The maximum atomic E-state index is 6.23. The first-order valence-corrected chi connectivity index (χ1v) is 7.82. The maximum absolute atomic E-state index is 6.23. The van der Waals surface area contributed by atoms with Crippen molar-refractivity contribution in [1.82, 2.24) is 10.6 Å². The Balaban J connectivity index is 2.68. The number of nitrogens with zero attached hydrogens (tertiary/aromatic N) is 1. The van der Waals surface area contributed by atoms with Crippen molar-refractivity contribution in [2.45, 2.75) is 26.3 Å². The van der Waals surface area contributed by atoms with Crippen LogP contribution in [0.25, 0.3) is 0 Å². The summed E-state index contributed by atoms with van der Waals surface area (Å²) >= 11 is 12.2. The highest BCUT2D eigenvalue weighted by molar-refractivity contribution is 6.35. The Labute approximate surface area is 136 Å². The lowest BCUT2D eigenvalue weighted by Gasteiger charge is -2.19. The Bertz CT molecular complexity index is 466. The molecule has 0 aliphatic carbocycles. The van der Waals surface area contributed by atoms with Crippen LogP contribution < -0.4 is 10.6 Å². The van der Waals surface area contributed by atoms with Crippen molar-refractivity contribution in [3.8, 4) is 0 Å². The van der Waals surface area contributed by atoms with Crippen molar-refractivity contribution in [2.24, 2.45) is 4.99 Å². The summed E-state index contributed by atoms with van der Waals surface area (Å²) in [5, 5.41) is 7.85. The van der Waals surface area contributed by atoms with Gasteiger partial charge in [0.1, 0.15) is 0 Å². The molecule has 0 saturated heterocycles. The van der Waals surface area contributed by atoms with E-state index in [1.54, 1.807) is 13.2 Å². The van der Waals surface area contributed by atoms with Gasteiger partial charge in [0.2, 0.25) is 0 Å². The van der Waals surface area contributed by atoms with Crippen molar-refractivity contribution in [2.75, 3.05) is 26.8 Å². The van der Waals surface area contributed by atoms with E-state index in [0.29, 0.717) is 23.2 Å². The van der Waals surface area contributed by atoms with Gasteiger partial charge in [0.15, 0.2) is 5.96 Å². The molecule has 0 fully saturated rings. The van der Waals surface area contributed by atoms with E-state index >= 15 is 0 Å². The molecule has 0 aliphatic heterocycles. The summed E-state index contributed by atoms with van der Waals surface area (Å²) in [6.07, 6.45) is 0.892. The molecular weight excluding hydrogens is 309 g/mol. The molecule has 0 bridgehead atoms. The number of ether oxygens (including phenoxy) is 1. The third-order valence-corrected chi connectivity index (χ3v) is 3.47. The Kier molecular flexibility index (Phi) is 8.50. The summed E-state index contributed by atoms with van der Waals surface area (Å²) < 4.78 is 5.02. The highest BCUT2D eigenvalue weighted by Crippen LogP contribution is 2.25. The first-order valence-electron chi connectivity index (χ1n) is 7.07. The fourth-order valence-electron chi connectivity index (χ4n) is 1.86. The van der Waals surface area contributed by atoms with Gasteiger partial charge in [0, 0.05) is 36.9 Å². The quantitative estimate of drug-likeness (QED) is 0.455. The number of rotatable bonds is 7. The molecule has 1 rings (SSSR count). The number of benzene rings is 1. The van der Waals surface area contributed by atoms with Crippen LogP contribution in [-0.4, -0.2) is 32.8 Å². The molecule has 4 nitrogen and oxygen atoms in total. The van der Waals surface area contributed by atoms with Gasteiger partial charge in [-0.2, -0.15) is 0 Å². The SMILES string of the molecule is CCNC(=NCCCOC)NC(C)c1ccc(Cl)cc1Cl. The molecule has 0 saturated carbocycles. The average Bonchev–Trinajstić information content (AvgIpc) is 2.43. The highest BCUT2D eigenvalue weighted by atomic mass is 35.5. The Morgan fingerprint density at radius 2 is 2.14 bits per heavy atom. The molecule has 2 N–H and O–H groups in total. The third-order valence-electron chi connectivity index (χ3n) is 2.90. The number of hydrogen-bond donors (Lipinski definition) is 2. The number of halogens is 2. The number of methoxy groups -OCH3 is 1. The standard InChI is InChI=1S/C15H23Cl2N3O/c1-4-18-15(19-8-5-9-21-3)20-11(2)13-7-6-12(16)10-14(13)17/h6-7,10-11H,4-5,8-9H2,1-3H3,(H2,18,19,20). The first-order chi connectivity index (χ1) is 10.1. The minimum absolute atomic E-state index is 0.0370. The summed E-state index contributed by atoms with van der Waals surface area (Å²) in [6, 6.07) is 5.55. The first kappa shape index (κ1) is 18.1. The number of guanidine groups is 1. The van der Waals surface area contributed by atoms with Crippen molar-refractivity contribution >= 4 is 29.2 Å². The van der Waals surface area contributed by atoms with Gasteiger partial charge in [0.25, 0.3) is 0 Å². The van der Waals surface area contributed by atoms with Crippen LogP contribution in [-0.2, 0) is 4.74 Å². The summed E-state index contributed by atoms with van der Waals surface area (Å²) in [5.41, 5.74) is 0.989. The molecule has 1 aromatic rings. The molecule has 6 heteroatoms. The van der Waals surface area contributed by atoms with Gasteiger partial charge in [-0.05, 0) is 38.0 Å². The Morgan fingerprint density at radius 1 is 1.38 bits per heavy atom. The van der Waals surface area contributed by atoms with E-state index in [1.165, 1.54) is 0 Å². The van der Waals surface area contributed by atoms with E-state index in [4.69, 9.17) is 27.9 Å². The normalized spacial score (nSPS) is 13.1. The molecule has 1 unspecified atom stereocenters. The van der Waals surface area contributed by atoms with Gasteiger partial charge < -0.3 is 15.4 Å². The zero-order valence-electron chi connectivity index (χ0n) is 12.7. The molecule has 21 heavy (non-hydrogen) atoms. The van der Waals surface area contributed by atoms with E-state index in [9.17, 15) is 0 Å². The Hall–Kier alpha value is -0.970.